The van der Waals surface area contributed by atoms with Crippen molar-refractivity contribution in [2.45, 2.75) is 0 Å². The predicted molar refractivity (Wildman–Crippen MR) is 68.6 cm³/mol. The van der Waals surface area contributed by atoms with Crippen LogP contribution in [0.1, 0.15) is 0 Å². The van der Waals surface area contributed by atoms with Crippen LogP contribution >= 0.6 is 15.9 Å². The molecule has 1 aliphatic rings. The Kier molecular flexibility index (Phi) is 3.31. The molecular formula is C10H13BrN2OS. The van der Waals surface area contributed by atoms with Gasteiger partial charge in [-0.1, -0.05) is 15.9 Å². The molecule has 0 spiro atoms. The first-order chi connectivity index (χ1) is 7.16. The summed E-state index contributed by atoms with van der Waals surface area (Å²) in [5, 5.41) is 0. The SMILES string of the molecule is Nc1cc(Br)ccc1N1CCS(=O)CC1. The van der Waals surface area contributed by atoms with Gasteiger partial charge in [0.15, 0.2) is 0 Å². The average Bonchev–Trinajstić information content (AvgIpc) is 2.20. The van der Waals surface area contributed by atoms with Gasteiger partial charge in [-0.25, -0.2) is 0 Å². The Labute approximate surface area is 100 Å². The molecule has 0 bridgehead atoms. The van der Waals surface area contributed by atoms with Gasteiger partial charge in [0.05, 0.1) is 11.4 Å². The second-order valence-corrected chi connectivity index (χ2v) is 6.15. The number of hydrogen-bond donors (Lipinski definition) is 1. The summed E-state index contributed by atoms with van der Waals surface area (Å²) in [6.45, 7) is 1.66. The first-order valence-electron chi connectivity index (χ1n) is 4.82. The Morgan fingerprint density at radius 1 is 1.33 bits per heavy atom. The molecule has 5 heteroatoms. The monoisotopic (exact) mass is 288 g/mol. The van der Waals surface area contributed by atoms with Crippen molar-refractivity contribution >= 4 is 38.1 Å². The van der Waals surface area contributed by atoms with Crippen molar-refractivity contribution < 1.29 is 4.21 Å². The fourth-order valence-corrected chi connectivity index (χ4v) is 3.12. The third-order valence-corrected chi connectivity index (χ3v) is 4.28. The minimum absolute atomic E-state index is 0.637. The highest BCUT2D eigenvalue weighted by molar-refractivity contribution is 9.10. The Hall–Kier alpha value is -0.550. The van der Waals surface area contributed by atoms with Gasteiger partial charge in [0, 0.05) is 39.9 Å². The summed E-state index contributed by atoms with van der Waals surface area (Å²) in [6, 6.07) is 5.89. The lowest BCUT2D eigenvalue weighted by atomic mass is 10.2. The molecule has 0 amide bonds. The third-order valence-electron chi connectivity index (χ3n) is 2.51. The van der Waals surface area contributed by atoms with E-state index < -0.39 is 10.8 Å². The third kappa shape index (κ3) is 2.52. The zero-order valence-corrected chi connectivity index (χ0v) is 10.7. The molecule has 0 radical (unpaired) electrons. The van der Waals surface area contributed by atoms with Gasteiger partial charge in [-0.2, -0.15) is 0 Å². The molecule has 0 unspecified atom stereocenters. The maximum absolute atomic E-state index is 11.2. The molecule has 1 aromatic rings. The second-order valence-electron chi connectivity index (χ2n) is 3.54. The highest BCUT2D eigenvalue weighted by Crippen LogP contribution is 2.27. The number of rotatable bonds is 1. The lowest BCUT2D eigenvalue weighted by Gasteiger charge is -2.29. The average molecular weight is 289 g/mol. The molecule has 1 fully saturated rings. The van der Waals surface area contributed by atoms with Crippen LogP contribution in [0, 0.1) is 0 Å². The van der Waals surface area contributed by atoms with Crippen molar-refractivity contribution in [3.8, 4) is 0 Å². The van der Waals surface area contributed by atoms with Gasteiger partial charge < -0.3 is 10.6 Å². The number of anilines is 2. The number of hydrogen-bond acceptors (Lipinski definition) is 3. The van der Waals surface area contributed by atoms with E-state index >= 15 is 0 Å². The van der Waals surface area contributed by atoms with Gasteiger partial charge in [-0.3, -0.25) is 4.21 Å². The lowest BCUT2D eigenvalue weighted by Crippen LogP contribution is -2.38. The smallest absolute Gasteiger partial charge is 0.0601 e. The number of benzene rings is 1. The van der Waals surface area contributed by atoms with Crippen molar-refractivity contribution in [3.05, 3.63) is 22.7 Å². The summed E-state index contributed by atoms with van der Waals surface area (Å²) in [7, 11) is -0.637. The number of halogens is 1. The fourth-order valence-electron chi connectivity index (χ4n) is 1.69. The molecule has 15 heavy (non-hydrogen) atoms. The van der Waals surface area contributed by atoms with Crippen molar-refractivity contribution in [3.63, 3.8) is 0 Å². The summed E-state index contributed by atoms with van der Waals surface area (Å²) in [4.78, 5) is 2.20. The van der Waals surface area contributed by atoms with Gasteiger partial charge in [0.25, 0.3) is 0 Å². The maximum atomic E-state index is 11.2. The van der Waals surface area contributed by atoms with E-state index in [4.69, 9.17) is 5.73 Å². The first-order valence-corrected chi connectivity index (χ1v) is 7.10. The van der Waals surface area contributed by atoms with E-state index in [1.165, 1.54) is 0 Å². The van der Waals surface area contributed by atoms with Crippen LogP contribution in [0.3, 0.4) is 0 Å². The molecule has 1 aliphatic heterocycles. The Morgan fingerprint density at radius 3 is 2.60 bits per heavy atom. The largest absolute Gasteiger partial charge is 0.397 e. The van der Waals surface area contributed by atoms with Crippen LogP contribution in [-0.4, -0.2) is 28.8 Å². The zero-order valence-electron chi connectivity index (χ0n) is 8.28. The van der Waals surface area contributed by atoms with E-state index in [9.17, 15) is 4.21 Å². The molecule has 0 aliphatic carbocycles. The Bertz CT molecular complexity index is 387. The van der Waals surface area contributed by atoms with E-state index in [1.54, 1.807) is 0 Å². The van der Waals surface area contributed by atoms with Crippen molar-refractivity contribution in [2.24, 2.45) is 0 Å². The van der Waals surface area contributed by atoms with E-state index in [-0.39, 0.29) is 0 Å². The summed E-state index contributed by atoms with van der Waals surface area (Å²) in [5.41, 5.74) is 7.77. The Balaban J connectivity index is 2.19. The lowest BCUT2D eigenvalue weighted by molar-refractivity contribution is 0.673. The van der Waals surface area contributed by atoms with Crippen LogP contribution in [0.5, 0.6) is 0 Å². The van der Waals surface area contributed by atoms with Crippen LogP contribution in [0.25, 0.3) is 0 Å². The molecule has 3 nitrogen and oxygen atoms in total. The van der Waals surface area contributed by atoms with Crippen LogP contribution in [0.4, 0.5) is 11.4 Å². The topological polar surface area (TPSA) is 46.3 Å². The Morgan fingerprint density at radius 2 is 2.00 bits per heavy atom. The van der Waals surface area contributed by atoms with Gasteiger partial charge in [0.1, 0.15) is 0 Å². The van der Waals surface area contributed by atoms with E-state index in [0.717, 1.165) is 40.4 Å². The zero-order chi connectivity index (χ0) is 10.8. The van der Waals surface area contributed by atoms with Crippen molar-refractivity contribution in [2.75, 3.05) is 35.2 Å². The molecule has 1 saturated heterocycles. The van der Waals surface area contributed by atoms with Crippen molar-refractivity contribution in [1.82, 2.24) is 0 Å². The highest BCUT2D eigenvalue weighted by atomic mass is 79.9. The second kappa shape index (κ2) is 4.53. The molecule has 82 valence electrons. The van der Waals surface area contributed by atoms with Crippen LogP contribution < -0.4 is 10.6 Å². The molecule has 2 N–H and O–H groups in total. The minimum Gasteiger partial charge on any atom is -0.397 e. The fraction of sp³-hybridized carbons (Fsp3) is 0.400. The first kappa shape index (κ1) is 11.0. The van der Waals surface area contributed by atoms with Crippen LogP contribution in [-0.2, 0) is 10.8 Å². The molecular weight excluding hydrogens is 276 g/mol. The van der Waals surface area contributed by atoms with E-state index in [1.807, 2.05) is 18.2 Å². The van der Waals surface area contributed by atoms with Gasteiger partial charge >= 0.3 is 0 Å². The van der Waals surface area contributed by atoms with E-state index in [2.05, 4.69) is 20.8 Å². The molecule has 0 aromatic heterocycles. The normalized spacial score (nSPS) is 18.1. The molecule has 1 aromatic carbocycles. The summed E-state index contributed by atoms with van der Waals surface area (Å²) in [5.74, 6) is 1.49. The molecule has 0 atom stereocenters. The van der Waals surface area contributed by atoms with Gasteiger partial charge in [-0.15, -0.1) is 0 Å². The number of nitrogens with zero attached hydrogens (tertiary/aromatic N) is 1. The van der Waals surface area contributed by atoms with Gasteiger partial charge in [-0.05, 0) is 18.2 Å². The van der Waals surface area contributed by atoms with Gasteiger partial charge in [0.2, 0.25) is 0 Å². The number of nitrogens with two attached hydrogens (primary N) is 1. The van der Waals surface area contributed by atoms with Crippen LogP contribution in [0.2, 0.25) is 0 Å². The van der Waals surface area contributed by atoms with E-state index in [0.29, 0.717) is 0 Å². The highest BCUT2D eigenvalue weighted by Gasteiger charge is 2.17. The summed E-state index contributed by atoms with van der Waals surface area (Å²) in [6.07, 6.45) is 0. The van der Waals surface area contributed by atoms with Crippen LogP contribution in [0.15, 0.2) is 22.7 Å². The molecule has 0 saturated carbocycles. The van der Waals surface area contributed by atoms with Crippen molar-refractivity contribution in [1.29, 1.82) is 0 Å². The predicted octanol–water partition coefficient (Wildman–Crippen LogP) is 1.60. The quantitative estimate of drug-likeness (QED) is 0.799. The summed E-state index contributed by atoms with van der Waals surface area (Å²) >= 11 is 3.38. The minimum atomic E-state index is -0.637. The molecule has 1 heterocycles. The maximum Gasteiger partial charge on any atom is 0.0601 e. The summed E-state index contributed by atoms with van der Waals surface area (Å²) < 4.78 is 12.2. The standard InChI is InChI=1S/C10H13BrN2OS/c11-8-1-2-10(9(12)7-8)13-3-5-15(14)6-4-13/h1-2,7H,3-6,12H2. The number of nitrogen functional groups attached to an aromatic ring is 1. The molecule has 2 rings (SSSR count).